The fourth-order valence-corrected chi connectivity index (χ4v) is 2.66. The first kappa shape index (κ1) is 14.5. The highest BCUT2D eigenvalue weighted by Crippen LogP contribution is 2.21. The molecule has 5 heteroatoms. The fourth-order valence-electron chi connectivity index (χ4n) is 1.70. The zero-order valence-electron chi connectivity index (χ0n) is 9.91. The zero-order valence-corrected chi connectivity index (χ0v) is 11.5. The molecule has 0 fully saturated rings. The van der Waals surface area contributed by atoms with Crippen molar-refractivity contribution in [2.45, 2.75) is 26.2 Å². The van der Waals surface area contributed by atoms with Gasteiger partial charge in [-0.25, -0.2) is 0 Å². The van der Waals surface area contributed by atoms with Crippen LogP contribution in [-0.2, 0) is 0 Å². The molecule has 0 aliphatic carbocycles. The van der Waals surface area contributed by atoms with Crippen LogP contribution in [0.15, 0.2) is 12.1 Å². The third-order valence-corrected chi connectivity index (χ3v) is 3.81. The van der Waals surface area contributed by atoms with E-state index in [-0.39, 0.29) is 12.5 Å². The summed E-state index contributed by atoms with van der Waals surface area (Å²) in [6, 6.07) is 3.45. The topological polar surface area (TPSA) is 49.3 Å². The molecule has 96 valence electrons. The number of hydrogen-bond donors (Lipinski definition) is 2. The molecule has 1 aromatic rings. The van der Waals surface area contributed by atoms with Crippen LogP contribution in [0.5, 0.6) is 0 Å². The summed E-state index contributed by atoms with van der Waals surface area (Å²) in [6.45, 7) is 2.89. The Bertz CT molecular complexity index is 348. The molecular formula is C12H18ClNO2S. The van der Waals surface area contributed by atoms with Crippen LogP contribution in [-0.4, -0.2) is 24.2 Å². The van der Waals surface area contributed by atoms with E-state index in [2.05, 4.69) is 12.2 Å². The van der Waals surface area contributed by atoms with Gasteiger partial charge in [-0.2, -0.15) is 0 Å². The minimum atomic E-state index is -0.0825. The van der Waals surface area contributed by atoms with Crippen LogP contribution in [0.3, 0.4) is 0 Å². The number of carbonyl (C=O) groups excluding carboxylic acids is 1. The van der Waals surface area contributed by atoms with Crippen LogP contribution < -0.4 is 5.32 Å². The van der Waals surface area contributed by atoms with E-state index in [1.54, 1.807) is 12.1 Å². The lowest BCUT2D eigenvalue weighted by atomic mass is 10.0. The third kappa shape index (κ3) is 5.06. The van der Waals surface area contributed by atoms with E-state index in [4.69, 9.17) is 16.7 Å². The highest BCUT2D eigenvalue weighted by atomic mass is 35.5. The molecule has 1 rings (SSSR count). The Morgan fingerprint density at radius 1 is 1.53 bits per heavy atom. The van der Waals surface area contributed by atoms with Crippen molar-refractivity contribution in [3.8, 4) is 0 Å². The summed E-state index contributed by atoms with van der Waals surface area (Å²) in [4.78, 5) is 12.4. The molecule has 1 atom stereocenters. The summed E-state index contributed by atoms with van der Waals surface area (Å²) in [5.41, 5.74) is 0. The predicted molar refractivity (Wildman–Crippen MR) is 71.8 cm³/mol. The van der Waals surface area contributed by atoms with E-state index in [1.807, 2.05) is 0 Å². The predicted octanol–water partition coefficient (Wildman–Crippen LogP) is 2.93. The summed E-state index contributed by atoms with van der Waals surface area (Å²) in [5.74, 6) is 0.269. The number of hydrogen-bond acceptors (Lipinski definition) is 3. The first-order chi connectivity index (χ1) is 8.17. The number of aliphatic hydroxyl groups is 1. The van der Waals surface area contributed by atoms with Gasteiger partial charge in [0.15, 0.2) is 0 Å². The van der Waals surface area contributed by atoms with Gasteiger partial charge in [0, 0.05) is 13.2 Å². The molecule has 0 aliphatic rings. The maximum atomic E-state index is 11.7. The van der Waals surface area contributed by atoms with Crippen molar-refractivity contribution in [2.24, 2.45) is 5.92 Å². The van der Waals surface area contributed by atoms with Crippen LogP contribution in [0, 0.1) is 5.92 Å². The van der Waals surface area contributed by atoms with Crippen LogP contribution in [0.4, 0.5) is 0 Å². The molecule has 1 amide bonds. The van der Waals surface area contributed by atoms with E-state index in [9.17, 15) is 4.79 Å². The molecule has 0 spiro atoms. The summed E-state index contributed by atoms with van der Waals surface area (Å²) < 4.78 is 0.621. The van der Waals surface area contributed by atoms with E-state index in [0.29, 0.717) is 21.7 Å². The number of nitrogens with one attached hydrogen (secondary N) is 1. The minimum absolute atomic E-state index is 0.0825. The average Bonchev–Trinajstić information content (AvgIpc) is 2.73. The van der Waals surface area contributed by atoms with Gasteiger partial charge in [-0.15, -0.1) is 11.3 Å². The molecule has 3 nitrogen and oxygen atoms in total. The molecule has 0 radical (unpaired) electrons. The molecule has 17 heavy (non-hydrogen) atoms. The van der Waals surface area contributed by atoms with Crippen molar-refractivity contribution >= 4 is 28.8 Å². The molecule has 1 aromatic heterocycles. The van der Waals surface area contributed by atoms with Crippen molar-refractivity contribution in [2.75, 3.05) is 13.2 Å². The van der Waals surface area contributed by atoms with Gasteiger partial charge in [0.05, 0.1) is 9.21 Å². The minimum Gasteiger partial charge on any atom is -0.396 e. The van der Waals surface area contributed by atoms with Gasteiger partial charge < -0.3 is 10.4 Å². The van der Waals surface area contributed by atoms with Crippen molar-refractivity contribution in [1.29, 1.82) is 0 Å². The number of aliphatic hydroxyl groups excluding tert-OH is 1. The van der Waals surface area contributed by atoms with Crippen molar-refractivity contribution in [3.05, 3.63) is 21.3 Å². The lowest BCUT2D eigenvalue weighted by molar-refractivity contribution is 0.0947. The Kier molecular flexibility index (Phi) is 6.55. The quantitative estimate of drug-likeness (QED) is 0.804. The Morgan fingerprint density at radius 2 is 2.29 bits per heavy atom. The monoisotopic (exact) mass is 275 g/mol. The normalized spacial score (nSPS) is 12.4. The lowest BCUT2D eigenvalue weighted by Crippen LogP contribution is -2.29. The summed E-state index contributed by atoms with van der Waals surface area (Å²) in [5, 5.41) is 11.8. The van der Waals surface area contributed by atoms with E-state index in [0.717, 1.165) is 19.3 Å². The Morgan fingerprint density at radius 3 is 2.82 bits per heavy atom. The SMILES string of the molecule is CCCC(CCO)CNC(=O)c1ccc(Cl)s1. The molecule has 0 aliphatic heterocycles. The van der Waals surface area contributed by atoms with Gasteiger partial charge in [0.25, 0.3) is 5.91 Å². The highest BCUT2D eigenvalue weighted by molar-refractivity contribution is 7.17. The smallest absolute Gasteiger partial charge is 0.261 e. The first-order valence-electron chi connectivity index (χ1n) is 5.81. The van der Waals surface area contributed by atoms with Gasteiger partial charge in [0.1, 0.15) is 0 Å². The molecule has 0 aromatic carbocycles. The van der Waals surface area contributed by atoms with E-state index >= 15 is 0 Å². The summed E-state index contributed by atoms with van der Waals surface area (Å²) in [6.07, 6.45) is 2.82. The number of carbonyl (C=O) groups is 1. The fraction of sp³-hybridized carbons (Fsp3) is 0.583. The third-order valence-electron chi connectivity index (χ3n) is 2.58. The number of rotatable bonds is 7. The first-order valence-corrected chi connectivity index (χ1v) is 7.01. The molecule has 0 saturated carbocycles. The molecule has 0 saturated heterocycles. The maximum absolute atomic E-state index is 11.7. The summed E-state index contributed by atoms with van der Waals surface area (Å²) >= 11 is 7.05. The average molecular weight is 276 g/mol. The maximum Gasteiger partial charge on any atom is 0.261 e. The van der Waals surface area contributed by atoms with Gasteiger partial charge in [-0.3, -0.25) is 4.79 Å². The zero-order chi connectivity index (χ0) is 12.7. The Hall–Kier alpha value is -0.580. The molecule has 1 heterocycles. The second-order valence-corrected chi connectivity index (χ2v) is 5.70. The van der Waals surface area contributed by atoms with Crippen molar-refractivity contribution < 1.29 is 9.90 Å². The van der Waals surface area contributed by atoms with Crippen LogP contribution in [0.25, 0.3) is 0 Å². The van der Waals surface area contributed by atoms with Crippen molar-refractivity contribution in [1.82, 2.24) is 5.32 Å². The van der Waals surface area contributed by atoms with E-state index < -0.39 is 0 Å². The lowest BCUT2D eigenvalue weighted by Gasteiger charge is -2.15. The van der Waals surface area contributed by atoms with E-state index in [1.165, 1.54) is 11.3 Å². The van der Waals surface area contributed by atoms with Gasteiger partial charge >= 0.3 is 0 Å². The number of amides is 1. The van der Waals surface area contributed by atoms with Gasteiger partial charge in [-0.1, -0.05) is 24.9 Å². The van der Waals surface area contributed by atoms with Crippen LogP contribution in [0.1, 0.15) is 35.9 Å². The second-order valence-electron chi connectivity index (χ2n) is 3.98. The van der Waals surface area contributed by atoms with Crippen LogP contribution in [0.2, 0.25) is 4.34 Å². The Balaban J connectivity index is 2.40. The summed E-state index contributed by atoms with van der Waals surface area (Å²) in [7, 11) is 0. The number of halogens is 1. The standard InChI is InChI=1S/C12H18ClNO2S/c1-2-3-9(6-7-15)8-14-12(16)10-4-5-11(13)17-10/h4-5,9,15H,2-3,6-8H2,1H3,(H,14,16). The van der Waals surface area contributed by atoms with Gasteiger partial charge in [0.2, 0.25) is 0 Å². The molecule has 0 bridgehead atoms. The van der Waals surface area contributed by atoms with Crippen molar-refractivity contribution in [3.63, 3.8) is 0 Å². The highest BCUT2D eigenvalue weighted by Gasteiger charge is 2.12. The second kappa shape index (κ2) is 7.69. The number of thiophene rings is 1. The van der Waals surface area contributed by atoms with Crippen LogP contribution >= 0.6 is 22.9 Å². The van der Waals surface area contributed by atoms with Gasteiger partial charge in [-0.05, 0) is 30.9 Å². The molecule has 1 unspecified atom stereocenters. The molecular weight excluding hydrogens is 258 g/mol. The Labute approximate surface area is 111 Å². The largest absolute Gasteiger partial charge is 0.396 e. The molecule has 2 N–H and O–H groups in total.